The van der Waals surface area contributed by atoms with E-state index in [1.165, 1.54) is 0 Å². The van der Waals surface area contributed by atoms with Crippen molar-refractivity contribution in [1.82, 2.24) is 20.0 Å². The summed E-state index contributed by atoms with van der Waals surface area (Å²) in [6.45, 7) is 7.20. The van der Waals surface area contributed by atoms with Gasteiger partial charge in [-0.25, -0.2) is 4.98 Å². The van der Waals surface area contributed by atoms with Crippen molar-refractivity contribution in [3.63, 3.8) is 0 Å². The summed E-state index contributed by atoms with van der Waals surface area (Å²) >= 11 is 0. The highest BCUT2D eigenvalue weighted by molar-refractivity contribution is 5.94. The lowest BCUT2D eigenvalue weighted by atomic mass is 9.97. The molecule has 2 aromatic heterocycles. The number of rotatable bonds is 5. The van der Waals surface area contributed by atoms with Gasteiger partial charge in [-0.3, -0.25) is 4.79 Å². The molecule has 2 aromatic rings. The highest BCUT2D eigenvalue weighted by Gasteiger charge is 2.28. The number of hydrogen-bond donors (Lipinski definition) is 0. The average Bonchev–Trinajstić information content (AvgIpc) is 3.11. The number of aryl methyl sites for hydroxylation is 1. The van der Waals surface area contributed by atoms with E-state index in [2.05, 4.69) is 15.1 Å². The van der Waals surface area contributed by atoms with Crippen LogP contribution in [0.2, 0.25) is 0 Å². The van der Waals surface area contributed by atoms with Crippen LogP contribution < -0.4 is 4.74 Å². The van der Waals surface area contributed by atoms with Crippen LogP contribution in [-0.2, 0) is 6.42 Å². The monoisotopic (exact) mass is 344 g/mol. The summed E-state index contributed by atoms with van der Waals surface area (Å²) in [6.07, 6.45) is 4.24. The Hall–Kier alpha value is -2.44. The number of carbonyl (C=O) groups is 1. The third-order valence-electron chi connectivity index (χ3n) is 4.20. The fourth-order valence-corrected chi connectivity index (χ4v) is 2.95. The van der Waals surface area contributed by atoms with Gasteiger partial charge in [0.05, 0.1) is 11.7 Å². The van der Waals surface area contributed by atoms with Crippen LogP contribution in [0.15, 0.2) is 22.9 Å². The van der Waals surface area contributed by atoms with Crippen molar-refractivity contribution in [3.8, 4) is 5.88 Å². The Kier molecular flexibility index (Phi) is 5.31. The van der Waals surface area contributed by atoms with E-state index >= 15 is 0 Å². The molecule has 134 valence electrons. The molecule has 0 aliphatic carbocycles. The van der Waals surface area contributed by atoms with E-state index in [9.17, 15) is 4.79 Å². The Morgan fingerprint density at radius 2 is 2.28 bits per heavy atom. The van der Waals surface area contributed by atoms with Crippen LogP contribution in [0.1, 0.15) is 61.6 Å². The van der Waals surface area contributed by atoms with Crippen molar-refractivity contribution in [1.29, 1.82) is 0 Å². The van der Waals surface area contributed by atoms with Gasteiger partial charge in [0.1, 0.15) is 0 Å². The number of piperidine rings is 1. The van der Waals surface area contributed by atoms with Crippen LogP contribution in [0.4, 0.5) is 0 Å². The zero-order valence-electron chi connectivity index (χ0n) is 14.9. The van der Waals surface area contributed by atoms with Gasteiger partial charge in [0, 0.05) is 37.7 Å². The van der Waals surface area contributed by atoms with Gasteiger partial charge in [-0.05, 0) is 32.8 Å². The van der Waals surface area contributed by atoms with E-state index in [1.807, 2.05) is 25.7 Å². The molecule has 0 saturated carbocycles. The van der Waals surface area contributed by atoms with Crippen LogP contribution in [0.5, 0.6) is 5.88 Å². The predicted octanol–water partition coefficient (Wildman–Crippen LogP) is 2.83. The molecule has 0 aromatic carbocycles. The van der Waals surface area contributed by atoms with Crippen molar-refractivity contribution in [2.45, 2.75) is 52.1 Å². The van der Waals surface area contributed by atoms with Crippen molar-refractivity contribution in [2.24, 2.45) is 0 Å². The number of amides is 1. The molecule has 1 aliphatic heterocycles. The standard InChI is InChI=1S/C18H24N4O3/c1-4-15-20-17(21-25-15)14-6-5-9-22(11-14)18(23)13-7-8-16(19-10-13)24-12(2)3/h7-8,10,12,14H,4-6,9,11H2,1-3H3/t14-/m0/s1. The Morgan fingerprint density at radius 3 is 2.92 bits per heavy atom. The van der Waals surface area contributed by atoms with Crippen molar-refractivity contribution < 1.29 is 14.1 Å². The summed E-state index contributed by atoms with van der Waals surface area (Å²) in [7, 11) is 0. The van der Waals surface area contributed by atoms with Gasteiger partial charge < -0.3 is 14.2 Å². The molecule has 0 N–H and O–H groups in total. The van der Waals surface area contributed by atoms with E-state index in [0.717, 1.165) is 25.8 Å². The second-order valence-corrected chi connectivity index (χ2v) is 6.54. The summed E-state index contributed by atoms with van der Waals surface area (Å²) in [5.74, 6) is 1.98. The van der Waals surface area contributed by atoms with Crippen LogP contribution in [-0.4, -0.2) is 45.1 Å². The number of carbonyl (C=O) groups excluding carboxylic acids is 1. The number of aromatic nitrogens is 3. The minimum atomic E-state index is -0.0208. The van der Waals surface area contributed by atoms with Gasteiger partial charge in [-0.2, -0.15) is 4.98 Å². The zero-order chi connectivity index (χ0) is 17.8. The molecule has 0 radical (unpaired) electrons. The quantitative estimate of drug-likeness (QED) is 0.829. The molecule has 0 bridgehead atoms. The van der Waals surface area contributed by atoms with Crippen molar-refractivity contribution in [2.75, 3.05) is 13.1 Å². The maximum absolute atomic E-state index is 12.8. The van der Waals surface area contributed by atoms with Gasteiger partial charge in [0.2, 0.25) is 11.8 Å². The maximum atomic E-state index is 12.8. The minimum Gasteiger partial charge on any atom is -0.475 e. The van der Waals surface area contributed by atoms with Crippen LogP contribution >= 0.6 is 0 Å². The van der Waals surface area contributed by atoms with E-state index in [-0.39, 0.29) is 17.9 Å². The number of likely N-dealkylation sites (tertiary alicyclic amines) is 1. The van der Waals surface area contributed by atoms with Gasteiger partial charge in [0.25, 0.3) is 5.91 Å². The summed E-state index contributed by atoms with van der Waals surface area (Å²) in [5, 5.41) is 4.06. The Balaban J connectivity index is 1.67. The SMILES string of the molecule is CCc1nc([C@H]2CCCN(C(=O)c3ccc(OC(C)C)nc3)C2)no1. The second kappa shape index (κ2) is 7.63. The second-order valence-electron chi connectivity index (χ2n) is 6.54. The lowest BCUT2D eigenvalue weighted by molar-refractivity contribution is 0.0703. The first-order chi connectivity index (χ1) is 12.1. The van der Waals surface area contributed by atoms with Gasteiger partial charge in [-0.1, -0.05) is 12.1 Å². The molecular formula is C18H24N4O3. The summed E-state index contributed by atoms with van der Waals surface area (Å²) in [6, 6.07) is 3.50. The average molecular weight is 344 g/mol. The first-order valence-corrected chi connectivity index (χ1v) is 8.81. The van der Waals surface area contributed by atoms with Gasteiger partial charge >= 0.3 is 0 Å². The van der Waals surface area contributed by atoms with Crippen LogP contribution in [0.25, 0.3) is 0 Å². The molecule has 0 spiro atoms. The predicted molar refractivity (Wildman–Crippen MR) is 91.6 cm³/mol. The zero-order valence-corrected chi connectivity index (χ0v) is 14.9. The van der Waals surface area contributed by atoms with Crippen LogP contribution in [0, 0.1) is 0 Å². The highest BCUT2D eigenvalue weighted by atomic mass is 16.5. The number of hydrogen-bond acceptors (Lipinski definition) is 6. The molecule has 0 unspecified atom stereocenters. The van der Waals surface area contributed by atoms with Crippen LogP contribution in [0.3, 0.4) is 0 Å². The van der Waals surface area contributed by atoms with E-state index < -0.39 is 0 Å². The number of ether oxygens (including phenoxy) is 1. The number of nitrogens with zero attached hydrogens (tertiary/aromatic N) is 4. The molecule has 1 atom stereocenters. The van der Waals surface area contributed by atoms with E-state index in [0.29, 0.717) is 29.7 Å². The fourth-order valence-electron chi connectivity index (χ4n) is 2.95. The molecule has 1 amide bonds. The number of pyridine rings is 1. The molecule has 3 heterocycles. The van der Waals surface area contributed by atoms with Gasteiger partial charge in [0.15, 0.2) is 5.82 Å². The Morgan fingerprint density at radius 1 is 1.44 bits per heavy atom. The summed E-state index contributed by atoms with van der Waals surface area (Å²) in [4.78, 5) is 23.2. The molecule has 7 nitrogen and oxygen atoms in total. The molecule has 1 saturated heterocycles. The molecule has 7 heteroatoms. The summed E-state index contributed by atoms with van der Waals surface area (Å²) < 4.78 is 10.7. The molecule has 25 heavy (non-hydrogen) atoms. The third-order valence-corrected chi connectivity index (χ3v) is 4.20. The lowest BCUT2D eigenvalue weighted by Crippen LogP contribution is -2.39. The van der Waals surface area contributed by atoms with E-state index in [4.69, 9.17) is 9.26 Å². The highest BCUT2D eigenvalue weighted by Crippen LogP contribution is 2.26. The minimum absolute atomic E-state index is 0.0208. The van der Waals surface area contributed by atoms with Crippen molar-refractivity contribution in [3.05, 3.63) is 35.6 Å². The first kappa shape index (κ1) is 17.4. The Labute approximate surface area is 147 Å². The van der Waals surface area contributed by atoms with Crippen molar-refractivity contribution >= 4 is 5.91 Å². The largest absolute Gasteiger partial charge is 0.475 e. The first-order valence-electron chi connectivity index (χ1n) is 8.81. The summed E-state index contributed by atoms with van der Waals surface area (Å²) in [5.41, 5.74) is 0.569. The smallest absolute Gasteiger partial charge is 0.255 e. The lowest BCUT2D eigenvalue weighted by Gasteiger charge is -2.31. The molecule has 1 fully saturated rings. The topological polar surface area (TPSA) is 81.4 Å². The fraction of sp³-hybridized carbons (Fsp3) is 0.556. The molecule has 1 aliphatic rings. The third kappa shape index (κ3) is 4.15. The Bertz CT molecular complexity index is 711. The molecule has 3 rings (SSSR count). The maximum Gasteiger partial charge on any atom is 0.255 e. The molecular weight excluding hydrogens is 320 g/mol. The van der Waals surface area contributed by atoms with Gasteiger partial charge in [-0.15, -0.1) is 0 Å². The van der Waals surface area contributed by atoms with E-state index in [1.54, 1.807) is 18.3 Å². The normalized spacial score (nSPS) is 17.8.